The molecule has 1 atom stereocenters. The van der Waals surface area contributed by atoms with E-state index in [-0.39, 0.29) is 11.7 Å². The third kappa shape index (κ3) is 2.57. The Morgan fingerprint density at radius 1 is 1.39 bits per heavy atom. The van der Waals surface area contributed by atoms with Crippen LogP contribution in [-0.2, 0) is 4.79 Å². The van der Waals surface area contributed by atoms with Crippen LogP contribution in [0.3, 0.4) is 0 Å². The Labute approximate surface area is 109 Å². The van der Waals surface area contributed by atoms with E-state index in [2.05, 4.69) is 0 Å². The lowest BCUT2D eigenvalue weighted by molar-refractivity contribution is -0.119. The highest BCUT2D eigenvalue weighted by Gasteiger charge is 2.21. The number of carbonyl (C=O) groups excluding carboxylic acids is 1. The van der Waals surface area contributed by atoms with Crippen molar-refractivity contribution < 1.29 is 9.18 Å². The molecular weight excluding hydrogens is 251 g/mol. The van der Waals surface area contributed by atoms with Gasteiger partial charge in [0.25, 0.3) is 0 Å². The number of nitrogens with two attached hydrogens (primary N) is 1. The zero-order valence-corrected chi connectivity index (χ0v) is 10.7. The molecule has 2 aromatic rings. The molecule has 94 valence electrons. The molecule has 0 aliphatic heterocycles. The van der Waals surface area contributed by atoms with Gasteiger partial charge in [0, 0.05) is 17.6 Å². The second-order valence-electron chi connectivity index (χ2n) is 3.87. The number of halogens is 1. The van der Waals surface area contributed by atoms with Gasteiger partial charge in [-0.2, -0.15) is 0 Å². The number of nitrogens with zero attached hydrogens (tertiary/aromatic N) is 1. The Bertz CT molecular complexity index is 542. The lowest BCUT2D eigenvalue weighted by Gasteiger charge is -2.20. The molecule has 1 amide bonds. The van der Waals surface area contributed by atoms with Gasteiger partial charge in [0.15, 0.2) is 0 Å². The number of anilines is 1. The van der Waals surface area contributed by atoms with Crippen LogP contribution in [0.5, 0.6) is 0 Å². The minimum atomic E-state index is -0.710. The van der Waals surface area contributed by atoms with E-state index < -0.39 is 6.04 Å². The van der Waals surface area contributed by atoms with E-state index >= 15 is 0 Å². The number of hydrogen-bond acceptors (Lipinski definition) is 3. The minimum Gasteiger partial charge on any atom is -0.316 e. The molecule has 0 radical (unpaired) electrons. The van der Waals surface area contributed by atoms with E-state index in [1.807, 2.05) is 17.5 Å². The number of likely N-dealkylation sites (N-methyl/N-ethyl adjacent to an activating group) is 1. The topological polar surface area (TPSA) is 46.3 Å². The highest BCUT2D eigenvalue weighted by Crippen LogP contribution is 2.22. The monoisotopic (exact) mass is 264 g/mol. The van der Waals surface area contributed by atoms with Gasteiger partial charge in [0.05, 0.1) is 0 Å². The Morgan fingerprint density at radius 3 is 2.78 bits per heavy atom. The van der Waals surface area contributed by atoms with E-state index in [4.69, 9.17) is 5.73 Å². The van der Waals surface area contributed by atoms with Gasteiger partial charge in [-0.3, -0.25) is 4.79 Å². The highest BCUT2D eigenvalue weighted by atomic mass is 32.1. The van der Waals surface area contributed by atoms with Gasteiger partial charge in [-0.05, 0) is 29.6 Å². The summed E-state index contributed by atoms with van der Waals surface area (Å²) in [6.07, 6.45) is 0. The number of amides is 1. The molecule has 0 bridgehead atoms. The normalized spacial score (nSPS) is 12.2. The van der Waals surface area contributed by atoms with Crippen molar-refractivity contribution in [1.29, 1.82) is 0 Å². The fourth-order valence-electron chi connectivity index (χ4n) is 1.61. The van der Waals surface area contributed by atoms with Crippen LogP contribution in [0.4, 0.5) is 10.1 Å². The molecule has 5 heteroatoms. The molecule has 0 aliphatic carbocycles. The Morgan fingerprint density at radius 2 is 2.17 bits per heavy atom. The zero-order valence-electron chi connectivity index (χ0n) is 9.84. The van der Waals surface area contributed by atoms with Gasteiger partial charge in [-0.15, -0.1) is 11.3 Å². The summed E-state index contributed by atoms with van der Waals surface area (Å²) in [5, 5.41) is 1.87. The lowest BCUT2D eigenvalue weighted by Crippen LogP contribution is -2.35. The molecule has 1 heterocycles. The first-order valence-corrected chi connectivity index (χ1v) is 6.29. The number of thiophene rings is 1. The van der Waals surface area contributed by atoms with Gasteiger partial charge in [0.2, 0.25) is 5.91 Å². The maximum absolute atomic E-state index is 13.1. The van der Waals surface area contributed by atoms with Gasteiger partial charge in [-0.1, -0.05) is 12.1 Å². The molecular formula is C13H13FN2OS. The van der Waals surface area contributed by atoms with Gasteiger partial charge in [-0.25, -0.2) is 4.39 Å². The fourth-order valence-corrected chi connectivity index (χ4v) is 2.33. The van der Waals surface area contributed by atoms with Crippen molar-refractivity contribution in [3.8, 4) is 0 Å². The fraction of sp³-hybridized carbons (Fsp3) is 0.154. The van der Waals surface area contributed by atoms with Crippen LogP contribution in [0.25, 0.3) is 0 Å². The minimum absolute atomic E-state index is 0.261. The maximum atomic E-state index is 13.1. The molecule has 2 N–H and O–H groups in total. The molecule has 1 aromatic carbocycles. The average Bonchev–Trinajstić information content (AvgIpc) is 2.90. The van der Waals surface area contributed by atoms with E-state index in [1.54, 1.807) is 19.2 Å². The van der Waals surface area contributed by atoms with Crippen molar-refractivity contribution in [2.24, 2.45) is 5.73 Å². The van der Waals surface area contributed by atoms with Crippen LogP contribution in [0.15, 0.2) is 41.8 Å². The zero-order chi connectivity index (χ0) is 13.1. The standard InChI is InChI=1S/C13H13FN2OS/c1-16(10-5-2-4-9(14)8-10)13(17)12(15)11-6-3-7-18-11/h2-8,12H,15H2,1H3. The summed E-state index contributed by atoms with van der Waals surface area (Å²) in [5.74, 6) is -0.639. The summed E-state index contributed by atoms with van der Waals surface area (Å²) in [4.78, 5) is 14.3. The van der Waals surface area contributed by atoms with Crippen LogP contribution in [-0.4, -0.2) is 13.0 Å². The largest absolute Gasteiger partial charge is 0.316 e. The lowest BCUT2D eigenvalue weighted by atomic mass is 10.2. The summed E-state index contributed by atoms with van der Waals surface area (Å²) in [6, 6.07) is 8.81. The van der Waals surface area contributed by atoms with Gasteiger partial charge < -0.3 is 10.6 Å². The van der Waals surface area contributed by atoms with Crippen LogP contribution in [0.2, 0.25) is 0 Å². The van der Waals surface area contributed by atoms with Crippen LogP contribution in [0.1, 0.15) is 10.9 Å². The van der Waals surface area contributed by atoms with Gasteiger partial charge >= 0.3 is 0 Å². The molecule has 2 rings (SSSR count). The molecule has 1 aromatic heterocycles. The van der Waals surface area contributed by atoms with Crippen LogP contribution in [0, 0.1) is 5.82 Å². The van der Waals surface area contributed by atoms with Crippen molar-refractivity contribution in [2.45, 2.75) is 6.04 Å². The quantitative estimate of drug-likeness (QED) is 0.926. The number of carbonyl (C=O) groups is 1. The Balaban J connectivity index is 2.19. The first kappa shape index (κ1) is 12.7. The molecule has 0 fully saturated rings. The second-order valence-corrected chi connectivity index (χ2v) is 4.85. The van der Waals surface area contributed by atoms with Crippen molar-refractivity contribution in [3.63, 3.8) is 0 Å². The summed E-state index contributed by atoms with van der Waals surface area (Å²) >= 11 is 1.43. The molecule has 18 heavy (non-hydrogen) atoms. The molecule has 1 unspecified atom stereocenters. The van der Waals surface area contributed by atoms with Crippen molar-refractivity contribution in [2.75, 3.05) is 11.9 Å². The van der Waals surface area contributed by atoms with Crippen LogP contribution >= 0.6 is 11.3 Å². The van der Waals surface area contributed by atoms with Crippen LogP contribution < -0.4 is 10.6 Å². The SMILES string of the molecule is CN(C(=O)C(N)c1cccs1)c1cccc(F)c1. The van der Waals surface area contributed by atoms with E-state index in [9.17, 15) is 9.18 Å². The highest BCUT2D eigenvalue weighted by molar-refractivity contribution is 7.10. The summed E-state index contributed by atoms with van der Waals surface area (Å²) in [5.41, 5.74) is 6.38. The summed E-state index contributed by atoms with van der Waals surface area (Å²) in [7, 11) is 1.59. The van der Waals surface area contributed by atoms with E-state index in [0.29, 0.717) is 5.69 Å². The predicted molar refractivity (Wildman–Crippen MR) is 71.1 cm³/mol. The molecule has 0 aliphatic rings. The first-order chi connectivity index (χ1) is 8.59. The third-order valence-corrected chi connectivity index (χ3v) is 3.60. The van der Waals surface area contributed by atoms with E-state index in [1.165, 1.54) is 28.4 Å². The Kier molecular flexibility index (Phi) is 3.74. The Hall–Kier alpha value is -1.72. The average molecular weight is 264 g/mol. The van der Waals surface area contributed by atoms with E-state index in [0.717, 1.165) is 4.88 Å². The predicted octanol–water partition coefficient (Wildman–Crippen LogP) is 2.55. The molecule has 0 spiro atoms. The van der Waals surface area contributed by atoms with Crippen molar-refractivity contribution in [3.05, 3.63) is 52.5 Å². The first-order valence-electron chi connectivity index (χ1n) is 5.41. The number of rotatable bonds is 3. The van der Waals surface area contributed by atoms with Crippen molar-refractivity contribution >= 4 is 22.9 Å². The second kappa shape index (κ2) is 5.29. The molecule has 3 nitrogen and oxygen atoms in total. The summed E-state index contributed by atoms with van der Waals surface area (Å²) < 4.78 is 13.1. The molecule has 0 saturated heterocycles. The smallest absolute Gasteiger partial charge is 0.249 e. The van der Waals surface area contributed by atoms with Crippen molar-refractivity contribution in [1.82, 2.24) is 0 Å². The maximum Gasteiger partial charge on any atom is 0.249 e. The van der Waals surface area contributed by atoms with Gasteiger partial charge in [0.1, 0.15) is 11.9 Å². The third-order valence-electron chi connectivity index (χ3n) is 2.64. The molecule has 0 saturated carbocycles. The summed E-state index contributed by atoms with van der Waals surface area (Å²) in [6.45, 7) is 0. The number of hydrogen-bond donors (Lipinski definition) is 1. The number of benzene rings is 1.